The van der Waals surface area contributed by atoms with Crippen LogP contribution < -0.4 is 0 Å². The summed E-state index contributed by atoms with van der Waals surface area (Å²) in [4.78, 5) is 2.71. The van der Waals surface area contributed by atoms with Crippen LogP contribution in [0.2, 0.25) is 0 Å². The first-order valence-corrected chi connectivity index (χ1v) is 4.00. The van der Waals surface area contributed by atoms with E-state index in [0.717, 1.165) is 0 Å². The predicted octanol–water partition coefficient (Wildman–Crippen LogP) is 0.777. The van der Waals surface area contributed by atoms with Crippen molar-refractivity contribution in [2.45, 2.75) is 6.61 Å². The molecule has 0 saturated carbocycles. The summed E-state index contributed by atoms with van der Waals surface area (Å²) in [6.45, 7) is -0.360. The molecule has 0 aliphatic heterocycles. The van der Waals surface area contributed by atoms with Gasteiger partial charge in [-0.25, -0.2) is 0 Å². The second-order valence-electron chi connectivity index (χ2n) is 2.97. The predicted molar refractivity (Wildman–Crippen MR) is 49.2 cm³/mol. The van der Waals surface area contributed by atoms with Crippen molar-refractivity contribution in [3.05, 3.63) is 17.8 Å². The number of aliphatic hydroxyl groups excluding tert-OH is 1. The van der Waals surface area contributed by atoms with Gasteiger partial charge in [0.15, 0.2) is 11.5 Å². The molecule has 0 atom stereocenters. The fraction of sp³-hybridized carbons (Fsp3) is 0.111. The number of H-pyrrole nitrogens is 1. The minimum atomic E-state index is -0.393. The van der Waals surface area contributed by atoms with Crippen LogP contribution in [0.4, 0.5) is 0 Å². The van der Waals surface area contributed by atoms with E-state index in [0.29, 0.717) is 5.52 Å². The lowest BCUT2D eigenvalue weighted by Gasteiger charge is -1.98. The van der Waals surface area contributed by atoms with Gasteiger partial charge >= 0.3 is 0 Å². The molecule has 1 heterocycles. The zero-order valence-corrected chi connectivity index (χ0v) is 7.15. The van der Waals surface area contributed by atoms with Crippen LogP contribution in [-0.4, -0.2) is 25.4 Å². The van der Waals surface area contributed by atoms with Crippen molar-refractivity contribution < 1.29 is 20.4 Å². The molecule has 5 heteroatoms. The van der Waals surface area contributed by atoms with Gasteiger partial charge in [-0.05, 0) is 12.1 Å². The topological polar surface area (TPSA) is 96.7 Å². The highest BCUT2D eigenvalue weighted by atomic mass is 16.3. The Morgan fingerprint density at radius 1 is 1.07 bits per heavy atom. The molecule has 2 rings (SSSR count). The highest BCUT2D eigenvalue weighted by Gasteiger charge is 2.15. The number of phenols is 2. The molecule has 0 unspecified atom stereocenters. The Morgan fingerprint density at radius 3 is 2.43 bits per heavy atom. The van der Waals surface area contributed by atoms with Crippen molar-refractivity contribution in [2.75, 3.05) is 0 Å². The third-order valence-corrected chi connectivity index (χ3v) is 2.12. The number of benzene rings is 1. The van der Waals surface area contributed by atoms with Gasteiger partial charge in [0.25, 0.3) is 0 Å². The lowest BCUT2D eigenvalue weighted by molar-refractivity contribution is 0.272. The molecule has 0 spiro atoms. The number of phenolic OH excluding ortho intramolecular Hbond substituents is 2. The zero-order chi connectivity index (χ0) is 10.3. The van der Waals surface area contributed by atoms with E-state index in [1.807, 2.05) is 0 Å². The molecular formula is C9H9NO4. The fourth-order valence-corrected chi connectivity index (χ4v) is 1.41. The normalized spacial score (nSPS) is 10.9. The molecule has 1 aromatic heterocycles. The Labute approximate surface area is 78.9 Å². The van der Waals surface area contributed by atoms with Crippen LogP contribution in [0.3, 0.4) is 0 Å². The molecule has 2 aromatic rings. The van der Waals surface area contributed by atoms with Gasteiger partial charge in [-0.2, -0.15) is 0 Å². The van der Waals surface area contributed by atoms with Gasteiger partial charge in [-0.15, -0.1) is 0 Å². The number of hydrogen-bond acceptors (Lipinski definition) is 4. The molecule has 0 amide bonds. The van der Waals surface area contributed by atoms with Crippen LogP contribution >= 0.6 is 0 Å². The van der Waals surface area contributed by atoms with Crippen LogP contribution in [0.1, 0.15) is 5.69 Å². The highest BCUT2D eigenvalue weighted by Crippen LogP contribution is 2.40. The molecule has 1 aromatic carbocycles. The minimum Gasteiger partial charge on any atom is -0.505 e. The Hall–Kier alpha value is -1.88. The summed E-state index contributed by atoms with van der Waals surface area (Å²) in [6.07, 6.45) is 0. The van der Waals surface area contributed by atoms with Gasteiger partial charge in [0, 0.05) is 0 Å². The standard InChI is InChI=1S/C9H9NO4/c11-3-5-8(13)7-4(10-5)1-2-6(12)9(7)14/h1-2,10-14H,3H2. The molecule has 74 valence electrons. The SMILES string of the molecule is OCc1[nH]c2ccc(O)c(O)c2c1O. The van der Waals surface area contributed by atoms with Crippen molar-refractivity contribution in [1.82, 2.24) is 4.98 Å². The van der Waals surface area contributed by atoms with Gasteiger partial charge in [0.2, 0.25) is 0 Å². The summed E-state index contributed by atoms with van der Waals surface area (Å²) < 4.78 is 0. The second kappa shape index (κ2) is 2.81. The minimum absolute atomic E-state index is 0.119. The van der Waals surface area contributed by atoms with Crippen LogP contribution in [-0.2, 0) is 6.61 Å². The maximum atomic E-state index is 9.53. The summed E-state index contributed by atoms with van der Waals surface area (Å²) in [5, 5.41) is 37.1. The number of hydrogen-bond donors (Lipinski definition) is 5. The molecule has 0 radical (unpaired) electrons. The second-order valence-corrected chi connectivity index (χ2v) is 2.97. The van der Waals surface area contributed by atoms with Crippen molar-refractivity contribution in [2.24, 2.45) is 0 Å². The van der Waals surface area contributed by atoms with E-state index in [9.17, 15) is 15.3 Å². The Balaban J connectivity index is 2.87. The average molecular weight is 195 g/mol. The quantitative estimate of drug-likeness (QED) is 0.434. The van der Waals surface area contributed by atoms with Gasteiger partial charge in [-0.1, -0.05) is 0 Å². The number of aromatic amines is 1. The van der Waals surface area contributed by atoms with Gasteiger partial charge in [0.05, 0.1) is 23.2 Å². The number of aliphatic hydroxyl groups is 1. The van der Waals surface area contributed by atoms with Crippen LogP contribution in [0.25, 0.3) is 10.9 Å². The van der Waals surface area contributed by atoms with E-state index in [2.05, 4.69) is 4.98 Å². The lowest BCUT2D eigenvalue weighted by atomic mass is 10.2. The van der Waals surface area contributed by atoms with Crippen molar-refractivity contribution in [3.63, 3.8) is 0 Å². The number of nitrogens with one attached hydrogen (secondary N) is 1. The Morgan fingerprint density at radius 2 is 1.79 bits per heavy atom. The Kier molecular flexibility index (Phi) is 1.75. The smallest absolute Gasteiger partial charge is 0.170 e. The number of aromatic hydroxyl groups is 3. The van der Waals surface area contributed by atoms with Gasteiger partial charge < -0.3 is 25.4 Å². The molecule has 0 bridgehead atoms. The third-order valence-electron chi connectivity index (χ3n) is 2.12. The van der Waals surface area contributed by atoms with E-state index in [-0.39, 0.29) is 29.2 Å². The zero-order valence-electron chi connectivity index (χ0n) is 7.15. The number of aromatic nitrogens is 1. The lowest BCUT2D eigenvalue weighted by Crippen LogP contribution is -1.80. The van der Waals surface area contributed by atoms with E-state index in [1.54, 1.807) is 0 Å². The maximum Gasteiger partial charge on any atom is 0.170 e. The largest absolute Gasteiger partial charge is 0.505 e. The Bertz CT molecular complexity index is 489. The summed E-state index contributed by atoms with van der Waals surface area (Å²) in [6, 6.07) is 2.80. The summed E-state index contributed by atoms with van der Waals surface area (Å²) in [7, 11) is 0. The molecule has 0 saturated heterocycles. The van der Waals surface area contributed by atoms with E-state index in [1.165, 1.54) is 12.1 Å². The molecule has 0 fully saturated rings. The summed E-state index contributed by atoms with van der Waals surface area (Å²) in [5.41, 5.74) is 0.669. The molecular weight excluding hydrogens is 186 g/mol. The number of rotatable bonds is 1. The molecule has 14 heavy (non-hydrogen) atoms. The van der Waals surface area contributed by atoms with Crippen LogP contribution in [0.5, 0.6) is 17.2 Å². The van der Waals surface area contributed by atoms with Crippen molar-refractivity contribution in [1.29, 1.82) is 0 Å². The van der Waals surface area contributed by atoms with Crippen molar-refractivity contribution >= 4 is 10.9 Å². The highest BCUT2D eigenvalue weighted by molar-refractivity contribution is 5.94. The van der Waals surface area contributed by atoms with E-state index >= 15 is 0 Å². The third kappa shape index (κ3) is 0.993. The summed E-state index contributed by atoms with van der Waals surface area (Å²) in [5.74, 6) is -0.942. The number of fused-ring (bicyclic) bond motifs is 1. The van der Waals surface area contributed by atoms with Gasteiger partial charge in [-0.3, -0.25) is 0 Å². The average Bonchev–Trinajstić information content (AvgIpc) is 2.50. The molecule has 5 nitrogen and oxygen atoms in total. The molecule has 0 aliphatic carbocycles. The van der Waals surface area contributed by atoms with E-state index < -0.39 is 5.75 Å². The monoisotopic (exact) mass is 195 g/mol. The van der Waals surface area contributed by atoms with Crippen LogP contribution in [0, 0.1) is 0 Å². The van der Waals surface area contributed by atoms with Crippen molar-refractivity contribution in [3.8, 4) is 17.2 Å². The summed E-state index contributed by atoms with van der Waals surface area (Å²) >= 11 is 0. The first-order chi connectivity index (χ1) is 6.65. The maximum absolute atomic E-state index is 9.53. The molecule has 5 N–H and O–H groups in total. The first-order valence-electron chi connectivity index (χ1n) is 4.00. The van der Waals surface area contributed by atoms with Crippen LogP contribution in [0.15, 0.2) is 12.1 Å². The van der Waals surface area contributed by atoms with E-state index in [4.69, 9.17) is 5.11 Å². The fourth-order valence-electron chi connectivity index (χ4n) is 1.41. The van der Waals surface area contributed by atoms with Gasteiger partial charge in [0.1, 0.15) is 5.75 Å². The first kappa shape index (κ1) is 8.71. The molecule has 0 aliphatic rings.